The van der Waals surface area contributed by atoms with Gasteiger partial charge in [-0.05, 0) is 24.1 Å². The number of likely N-dealkylation sites (tertiary alicyclic amines) is 1. The fourth-order valence-electron chi connectivity index (χ4n) is 2.74. The summed E-state index contributed by atoms with van der Waals surface area (Å²) < 4.78 is 23.8. The number of methoxy groups -OCH3 is 2. The highest BCUT2D eigenvalue weighted by Gasteiger charge is 2.34. The van der Waals surface area contributed by atoms with Crippen LogP contribution in [-0.2, 0) is 11.2 Å². The largest absolute Gasteiger partial charge is 0.497 e. The Labute approximate surface area is 129 Å². The van der Waals surface area contributed by atoms with Gasteiger partial charge in [0.15, 0.2) is 0 Å². The van der Waals surface area contributed by atoms with E-state index in [0.29, 0.717) is 17.9 Å². The maximum atomic E-state index is 13.4. The Hall–Kier alpha value is -1.82. The normalized spacial score (nSPS) is 21.0. The van der Waals surface area contributed by atoms with Crippen LogP contribution in [0.4, 0.5) is 4.39 Å². The Bertz CT molecular complexity index is 501. The zero-order valence-electron chi connectivity index (χ0n) is 12.9. The Kier molecular flexibility index (Phi) is 5.60. The molecule has 2 atom stereocenters. The molecular weight excluding hydrogens is 289 g/mol. The lowest BCUT2D eigenvalue weighted by Gasteiger charge is -2.22. The van der Waals surface area contributed by atoms with Gasteiger partial charge in [-0.15, -0.1) is 0 Å². The van der Waals surface area contributed by atoms with Crippen LogP contribution in [-0.4, -0.2) is 55.5 Å². The molecule has 122 valence electrons. The van der Waals surface area contributed by atoms with Crippen LogP contribution >= 0.6 is 0 Å². The van der Waals surface area contributed by atoms with E-state index in [0.717, 1.165) is 5.56 Å². The maximum absolute atomic E-state index is 13.4. The summed E-state index contributed by atoms with van der Waals surface area (Å²) in [6.07, 6.45) is -0.0507. The number of aryl methyl sites for hydroxylation is 1. The number of ether oxygens (including phenoxy) is 2. The van der Waals surface area contributed by atoms with Crippen molar-refractivity contribution in [3.05, 3.63) is 23.8 Å². The van der Waals surface area contributed by atoms with Gasteiger partial charge in [0.2, 0.25) is 5.91 Å². The number of carbonyl (C=O) groups excluding carboxylic acids is 1. The van der Waals surface area contributed by atoms with Crippen molar-refractivity contribution >= 4 is 5.91 Å². The number of alkyl halides is 1. The third kappa shape index (κ3) is 3.88. The Morgan fingerprint density at radius 3 is 2.50 bits per heavy atom. The molecule has 6 heteroatoms. The van der Waals surface area contributed by atoms with Crippen LogP contribution in [0.5, 0.6) is 11.5 Å². The molecule has 1 aromatic rings. The SMILES string of the molecule is COc1cc(CCC(=O)N2C[C@@H](F)C[C@H]2CO)cc(OC)c1. The third-order valence-corrected chi connectivity index (χ3v) is 3.93. The fourth-order valence-corrected chi connectivity index (χ4v) is 2.74. The predicted molar refractivity (Wildman–Crippen MR) is 80.0 cm³/mol. The predicted octanol–water partition coefficient (Wildman–Crippen LogP) is 1.57. The molecule has 0 saturated carbocycles. The van der Waals surface area contributed by atoms with Gasteiger partial charge in [0.05, 0.1) is 33.4 Å². The highest BCUT2D eigenvalue weighted by atomic mass is 19.1. The number of nitrogens with zero attached hydrogens (tertiary/aromatic N) is 1. The maximum Gasteiger partial charge on any atom is 0.223 e. The van der Waals surface area contributed by atoms with Crippen molar-refractivity contribution in [3.63, 3.8) is 0 Å². The van der Waals surface area contributed by atoms with E-state index >= 15 is 0 Å². The second kappa shape index (κ2) is 7.45. The standard InChI is InChI=1S/C16H22FNO4/c1-21-14-5-11(6-15(8-14)22-2)3-4-16(20)18-9-12(17)7-13(18)10-19/h5-6,8,12-13,19H,3-4,7,9-10H2,1-2H3/t12-,13-/m0/s1. The van der Waals surface area contributed by atoms with Gasteiger partial charge in [-0.2, -0.15) is 0 Å². The zero-order chi connectivity index (χ0) is 16.1. The molecule has 0 spiro atoms. The average Bonchev–Trinajstić information content (AvgIpc) is 2.93. The molecule has 1 fully saturated rings. The van der Waals surface area contributed by atoms with Crippen molar-refractivity contribution in [2.75, 3.05) is 27.4 Å². The lowest BCUT2D eigenvalue weighted by molar-refractivity contribution is -0.132. The summed E-state index contributed by atoms with van der Waals surface area (Å²) >= 11 is 0. The molecule has 5 nitrogen and oxygen atoms in total. The van der Waals surface area contributed by atoms with Crippen molar-refractivity contribution in [3.8, 4) is 11.5 Å². The molecule has 0 aliphatic carbocycles. The van der Waals surface area contributed by atoms with Crippen LogP contribution in [0.3, 0.4) is 0 Å². The van der Waals surface area contributed by atoms with Gasteiger partial charge >= 0.3 is 0 Å². The van der Waals surface area contributed by atoms with Crippen LogP contribution < -0.4 is 9.47 Å². The summed E-state index contributed by atoms with van der Waals surface area (Å²) in [5, 5.41) is 9.23. The molecule has 2 rings (SSSR count). The summed E-state index contributed by atoms with van der Waals surface area (Å²) in [5.74, 6) is 1.20. The number of aliphatic hydroxyl groups excluding tert-OH is 1. The van der Waals surface area contributed by atoms with Crippen molar-refractivity contribution in [1.82, 2.24) is 4.90 Å². The van der Waals surface area contributed by atoms with E-state index in [9.17, 15) is 14.3 Å². The number of amides is 1. The number of carbonyl (C=O) groups is 1. The van der Waals surface area contributed by atoms with E-state index in [2.05, 4.69) is 0 Å². The number of benzene rings is 1. The first-order chi connectivity index (χ1) is 10.6. The zero-order valence-corrected chi connectivity index (χ0v) is 12.9. The molecule has 1 amide bonds. The van der Waals surface area contributed by atoms with Crippen molar-refractivity contribution in [2.24, 2.45) is 0 Å². The van der Waals surface area contributed by atoms with Gasteiger partial charge in [0, 0.05) is 18.9 Å². The quantitative estimate of drug-likeness (QED) is 0.866. The van der Waals surface area contributed by atoms with Crippen molar-refractivity contribution in [1.29, 1.82) is 0 Å². The summed E-state index contributed by atoms with van der Waals surface area (Å²) in [6.45, 7) is -0.120. The van der Waals surface area contributed by atoms with Crippen LogP contribution in [0.1, 0.15) is 18.4 Å². The number of rotatable bonds is 6. The van der Waals surface area contributed by atoms with Crippen LogP contribution in [0.25, 0.3) is 0 Å². The first kappa shape index (κ1) is 16.5. The molecule has 1 aromatic carbocycles. The topological polar surface area (TPSA) is 59.0 Å². The van der Waals surface area contributed by atoms with Gasteiger partial charge < -0.3 is 19.5 Å². The Balaban J connectivity index is 1.99. The number of aliphatic hydroxyl groups is 1. The van der Waals surface area contributed by atoms with E-state index < -0.39 is 12.2 Å². The van der Waals surface area contributed by atoms with Crippen molar-refractivity contribution < 1.29 is 23.8 Å². The van der Waals surface area contributed by atoms with E-state index in [1.165, 1.54) is 4.90 Å². The van der Waals surface area contributed by atoms with Gasteiger partial charge in [0.1, 0.15) is 17.7 Å². The van der Waals surface area contributed by atoms with E-state index in [-0.39, 0.29) is 31.9 Å². The Morgan fingerprint density at radius 1 is 1.32 bits per heavy atom. The molecule has 1 aliphatic heterocycles. The van der Waals surface area contributed by atoms with Crippen LogP contribution in [0.15, 0.2) is 18.2 Å². The monoisotopic (exact) mass is 311 g/mol. The molecule has 0 bridgehead atoms. The molecule has 0 aromatic heterocycles. The fraction of sp³-hybridized carbons (Fsp3) is 0.562. The van der Waals surface area contributed by atoms with E-state index in [1.807, 2.05) is 12.1 Å². The molecule has 1 aliphatic rings. The molecule has 1 N–H and O–H groups in total. The lowest BCUT2D eigenvalue weighted by atomic mass is 10.1. The minimum Gasteiger partial charge on any atom is -0.497 e. The summed E-state index contributed by atoms with van der Waals surface area (Å²) in [4.78, 5) is 13.7. The smallest absolute Gasteiger partial charge is 0.223 e. The van der Waals surface area contributed by atoms with Gasteiger partial charge in [-0.25, -0.2) is 4.39 Å². The highest BCUT2D eigenvalue weighted by molar-refractivity contribution is 5.77. The molecule has 22 heavy (non-hydrogen) atoms. The summed E-state index contributed by atoms with van der Waals surface area (Å²) in [7, 11) is 3.14. The van der Waals surface area contributed by atoms with E-state index in [1.54, 1.807) is 20.3 Å². The van der Waals surface area contributed by atoms with Crippen LogP contribution in [0.2, 0.25) is 0 Å². The molecule has 0 unspecified atom stereocenters. The number of hydrogen-bond acceptors (Lipinski definition) is 4. The van der Waals surface area contributed by atoms with Gasteiger partial charge in [0.25, 0.3) is 0 Å². The summed E-state index contributed by atoms with van der Waals surface area (Å²) in [6, 6.07) is 5.06. The first-order valence-corrected chi connectivity index (χ1v) is 7.33. The minimum atomic E-state index is -1.04. The molecule has 0 radical (unpaired) electrons. The van der Waals surface area contributed by atoms with Crippen LogP contribution in [0, 0.1) is 0 Å². The second-order valence-corrected chi connectivity index (χ2v) is 5.44. The third-order valence-electron chi connectivity index (χ3n) is 3.93. The Morgan fingerprint density at radius 2 is 1.95 bits per heavy atom. The van der Waals surface area contributed by atoms with E-state index in [4.69, 9.17) is 9.47 Å². The molecule has 1 heterocycles. The van der Waals surface area contributed by atoms with Crippen molar-refractivity contribution in [2.45, 2.75) is 31.5 Å². The average molecular weight is 311 g/mol. The van der Waals surface area contributed by atoms with Gasteiger partial charge in [-0.1, -0.05) is 0 Å². The number of halogens is 1. The van der Waals surface area contributed by atoms with Gasteiger partial charge in [-0.3, -0.25) is 4.79 Å². The molecule has 1 saturated heterocycles. The lowest BCUT2D eigenvalue weighted by Crippen LogP contribution is -2.37. The second-order valence-electron chi connectivity index (χ2n) is 5.44. The number of hydrogen-bond donors (Lipinski definition) is 1. The first-order valence-electron chi connectivity index (χ1n) is 7.33. The minimum absolute atomic E-state index is 0.0749. The summed E-state index contributed by atoms with van der Waals surface area (Å²) in [5.41, 5.74) is 0.918. The molecular formula is C16H22FNO4. The highest BCUT2D eigenvalue weighted by Crippen LogP contribution is 2.25.